The lowest BCUT2D eigenvalue weighted by molar-refractivity contribution is 0.590. The van der Waals surface area contributed by atoms with Crippen molar-refractivity contribution in [1.82, 2.24) is 4.98 Å². The zero-order chi connectivity index (χ0) is 11.8. The van der Waals surface area contributed by atoms with E-state index in [0.717, 1.165) is 9.61 Å². The third-order valence-electron chi connectivity index (χ3n) is 2.47. The topological polar surface area (TPSA) is 12.9 Å². The summed E-state index contributed by atoms with van der Waals surface area (Å²) in [6.45, 7) is 6.67. The molecule has 0 saturated carbocycles. The number of hydrogen-bond acceptors (Lipinski definition) is 2. The van der Waals surface area contributed by atoms with Crippen LogP contribution in [0.1, 0.15) is 26.3 Å². The summed E-state index contributed by atoms with van der Waals surface area (Å²) in [5, 5.41) is 3.07. The lowest BCUT2D eigenvalue weighted by Crippen LogP contribution is -2.10. The Balaban J connectivity index is 2.33. The molecule has 0 aliphatic rings. The molecular weight excluding hydrogens is 282 g/mol. The fraction of sp³-hybridized carbons (Fsp3) is 0.308. The van der Waals surface area contributed by atoms with Crippen LogP contribution in [0, 0.1) is 0 Å². The third kappa shape index (κ3) is 2.53. The largest absolute Gasteiger partial charge is 0.229 e. The van der Waals surface area contributed by atoms with Gasteiger partial charge in [-0.3, -0.25) is 0 Å². The molecule has 0 fully saturated rings. The first-order valence-corrected chi connectivity index (χ1v) is 6.86. The first-order chi connectivity index (χ1) is 7.47. The summed E-state index contributed by atoms with van der Waals surface area (Å²) >= 11 is 5.03. The number of halogens is 1. The van der Waals surface area contributed by atoms with E-state index < -0.39 is 0 Å². The van der Waals surface area contributed by atoms with Gasteiger partial charge in [0, 0.05) is 10.9 Å². The van der Waals surface area contributed by atoms with Gasteiger partial charge in [-0.1, -0.05) is 45.0 Å². The van der Waals surface area contributed by atoms with Gasteiger partial charge in [-0.2, -0.15) is 0 Å². The fourth-order valence-electron chi connectivity index (χ4n) is 1.50. The second kappa shape index (κ2) is 4.30. The minimum atomic E-state index is 0.210. The minimum absolute atomic E-state index is 0.210. The van der Waals surface area contributed by atoms with Crippen molar-refractivity contribution >= 4 is 27.3 Å². The number of aromatic nitrogens is 1. The highest BCUT2D eigenvalue weighted by Gasteiger charge is 2.13. The Morgan fingerprint density at radius 3 is 2.19 bits per heavy atom. The highest BCUT2D eigenvalue weighted by atomic mass is 79.9. The van der Waals surface area contributed by atoms with Crippen LogP contribution in [-0.2, 0) is 5.41 Å². The Bertz CT molecular complexity index is 479. The van der Waals surface area contributed by atoms with Crippen molar-refractivity contribution in [1.29, 1.82) is 0 Å². The van der Waals surface area contributed by atoms with Crippen LogP contribution in [0.15, 0.2) is 34.2 Å². The molecule has 3 heteroatoms. The molecule has 1 heterocycles. The van der Waals surface area contributed by atoms with Gasteiger partial charge in [0.1, 0.15) is 9.61 Å². The summed E-state index contributed by atoms with van der Waals surface area (Å²) in [5.74, 6) is 0. The van der Waals surface area contributed by atoms with E-state index in [4.69, 9.17) is 0 Å². The Morgan fingerprint density at radius 2 is 1.75 bits per heavy atom. The van der Waals surface area contributed by atoms with Gasteiger partial charge < -0.3 is 0 Å². The Kier molecular flexibility index (Phi) is 3.17. The van der Waals surface area contributed by atoms with Crippen molar-refractivity contribution in [2.24, 2.45) is 0 Å². The Hall–Kier alpha value is -0.670. The maximum absolute atomic E-state index is 4.41. The summed E-state index contributed by atoms with van der Waals surface area (Å²) in [7, 11) is 0. The molecule has 1 nitrogen and oxygen atoms in total. The van der Waals surface area contributed by atoms with Gasteiger partial charge in [-0.25, -0.2) is 4.98 Å². The molecule has 0 atom stereocenters. The summed E-state index contributed by atoms with van der Waals surface area (Å²) in [6, 6.07) is 8.66. The highest BCUT2D eigenvalue weighted by Crippen LogP contribution is 2.28. The van der Waals surface area contributed by atoms with Gasteiger partial charge in [0.05, 0.1) is 0 Å². The molecule has 0 radical (unpaired) electrons. The van der Waals surface area contributed by atoms with Crippen LogP contribution in [0.4, 0.5) is 0 Å². The van der Waals surface area contributed by atoms with E-state index in [1.807, 2.05) is 5.38 Å². The fourth-order valence-corrected chi connectivity index (χ4v) is 2.76. The van der Waals surface area contributed by atoms with Gasteiger partial charge in [0.15, 0.2) is 0 Å². The Morgan fingerprint density at radius 1 is 1.12 bits per heavy atom. The van der Waals surface area contributed by atoms with Crippen LogP contribution < -0.4 is 0 Å². The zero-order valence-corrected chi connectivity index (χ0v) is 12.0. The minimum Gasteiger partial charge on any atom is -0.229 e. The average Bonchev–Trinajstić information content (AvgIpc) is 2.64. The highest BCUT2D eigenvalue weighted by molar-refractivity contribution is 9.10. The molecule has 16 heavy (non-hydrogen) atoms. The van der Waals surface area contributed by atoms with Crippen molar-refractivity contribution in [3.63, 3.8) is 0 Å². The van der Waals surface area contributed by atoms with E-state index in [-0.39, 0.29) is 5.41 Å². The SMILES string of the molecule is CC(C)(C)c1ccc(-c2nc(Br)cs2)cc1. The van der Waals surface area contributed by atoms with Crippen LogP contribution in [0.3, 0.4) is 0 Å². The molecule has 0 aliphatic heterocycles. The molecule has 0 unspecified atom stereocenters. The van der Waals surface area contributed by atoms with E-state index in [1.165, 1.54) is 11.1 Å². The monoisotopic (exact) mass is 295 g/mol. The molecule has 1 aromatic carbocycles. The number of thiazole rings is 1. The van der Waals surface area contributed by atoms with Crippen LogP contribution in [0.5, 0.6) is 0 Å². The molecule has 84 valence electrons. The van der Waals surface area contributed by atoms with E-state index in [9.17, 15) is 0 Å². The molecule has 0 spiro atoms. The third-order valence-corrected chi connectivity index (χ3v) is 4.07. The normalized spacial score (nSPS) is 11.8. The van der Waals surface area contributed by atoms with Crippen LogP contribution in [0.2, 0.25) is 0 Å². The number of hydrogen-bond donors (Lipinski definition) is 0. The first-order valence-electron chi connectivity index (χ1n) is 5.19. The molecule has 0 N–H and O–H groups in total. The molecule has 0 bridgehead atoms. The summed E-state index contributed by atoms with van der Waals surface area (Å²) < 4.78 is 0.910. The van der Waals surface area contributed by atoms with Crippen molar-refractivity contribution in [3.8, 4) is 10.6 Å². The lowest BCUT2D eigenvalue weighted by Gasteiger charge is -2.18. The molecule has 1 aromatic heterocycles. The molecule has 0 saturated heterocycles. The first kappa shape index (κ1) is 11.8. The van der Waals surface area contributed by atoms with E-state index in [1.54, 1.807) is 11.3 Å². The number of benzene rings is 1. The smallest absolute Gasteiger partial charge is 0.124 e. The predicted octanol–water partition coefficient (Wildman–Crippen LogP) is 4.87. The quantitative estimate of drug-likeness (QED) is 0.731. The van der Waals surface area contributed by atoms with Gasteiger partial charge >= 0.3 is 0 Å². The number of rotatable bonds is 1. The van der Waals surface area contributed by atoms with Gasteiger partial charge in [0.25, 0.3) is 0 Å². The zero-order valence-electron chi connectivity index (χ0n) is 9.62. The van der Waals surface area contributed by atoms with Gasteiger partial charge in [-0.15, -0.1) is 11.3 Å². The standard InChI is InChI=1S/C13H14BrNS/c1-13(2,3)10-6-4-9(5-7-10)12-15-11(14)8-16-12/h4-8H,1-3H3. The second-order valence-electron chi connectivity index (χ2n) is 4.80. The molecule has 2 aromatic rings. The van der Waals surface area contributed by atoms with Crippen LogP contribution >= 0.6 is 27.3 Å². The second-order valence-corrected chi connectivity index (χ2v) is 6.47. The van der Waals surface area contributed by atoms with Gasteiger partial charge in [-0.05, 0) is 26.9 Å². The van der Waals surface area contributed by atoms with Gasteiger partial charge in [0.2, 0.25) is 0 Å². The van der Waals surface area contributed by atoms with E-state index in [0.29, 0.717) is 0 Å². The predicted molar refractivity (Wildman–Crippen MR) is 74.0 cm³/mol. The van der Waals surface area contributed by atoms with E-state index in [2.05, 4.69) is 66.0 Å². The van der Waals surface area contributed by atoms with Crippen molar-refractivity contribution in [2.75, 3.05) is 0 Å². The lowest BCUT2D eigenvalue weighted by atomic mass is 9.87. The van der Waals surface area contributed by atoms with Crippen molar-refractivity contribution in [3.05, 3.63) is 39.8 Å². The maximum atomic E-state index is 4.41. The Labute approximate surface area is 109 Å². The van der Waals surface area contributed by atoms with Crippen LogP contribution in [-0.4, -0.2) is 4.98 Å². The summed E-state index contributed by atoms with van der Waals surface area (Å²) in [5.41, 5.74) is 2.75. The van der Waals surface area contributed by atoms with E-state index >= 15 is 0 Å². The average molecular weight is 296 g/mol. The maximum Gasteiger partial charge on any atom is 0.124 e. The summed E-state index contributed by atoms with van der Waals surface area (Å²) in [6.07, 6.45) is 0. The number of nitrogens with zero attached hydrogens (tertiary/aromatic N) is 1. The molecule has 2 rings (SSSR count). The summed E-state index contributed by atoms with van der Waals surface area (Å²) in [4.78, 5) is 4.41. The molecule has 0 aliphatic carbocycles. The van der Waals surface area contributed by atoms with Crippen molar-refractivity contribution in [2.45, 2.75) is 26.2 Å². The van der Waals surface area contributed by atoms with Crippen molar-refractivity contribution < 1.29 is 0 Å². The van der Waals surface area contributed by atoms with Crippen LogP contribution in [0.25, 0.3) is 10.6 Å². The molecule has 0 amide bonds. The molecular formula is C13H14BrNS.